The van der Waals surface area contributed by atoms with Gasteiger partial charge in [-0.1, -0.05) is 0 Å². The molecule has 0 saturated heterocycles. The summed E-state index contributed by atoms with van der Waals surface area (Å²) in [6.45, 7) is -0.933. The fraction of sp³-hybridized carbons (Fsp3) is 1.00. The van der Waals surface area contributed by atoms with Crippen LogP contribution in [-0.4, -0.2) is 56.9 Å². The standard InChI is InChI=1S/C6H17N3O5/c7-3(12)2(11)6(1-10,4(8)13)5(9)14/h2-5,10-14H,1,7-9H2. The van der Waals surface area contributed by atoms with E-state index < -0.39 is 36.8 Å². The maximum Gasteiger partial charge on any atom is 0.129 e. The van der Waals surface area contributed by atoms with Crippen molar-refractivity contribution in [3.8, 4) is 0 Å². The third-order valence-corrected chi connectivity index (χ3v) is 2.25. The smallest absolute Gasteiger partial charge is 0.129 e. The van der Waals surface area contributed by atoms with Gasteiger partial charge in [-0.05, 0) is 0 Å². The highest BCUT2D eigenvalue weighted by Gasteiger charge is 2.49. The van der Waals surface area contributed by atoms with Crippen molar-refractivity contribution in [3.05, 3.63) is 0 Å². The van der Waals surface area contributed by atoms with Gasteiger partial charge in [-0.25, -0.2) is 0 Å². The van der Waals surface area contributed by atoms with Crippen molar-refractivity contribution in [1.29, 1.82) is 0 Å². The molecule has 4 atom stereocenters. The first kappa shape index (κ1) is 13.7. The Bertz CT molecular complexity index is 167. The minimum Gasteiger partial charge on any atom is -0.395 e. The van der Waals surface area contributed by atoms with Crippen LogP contribution in [0.5, 0.6) is 0 Å². The molecule has 0 spiro atoms. The van der Waals surface area contributed by atoms with E-state index in [9.17, 15) is 5.11 Å². The van der Waals surface area contributed by atoms with Crippen LogP contribution in [0.1, 0.15) is 0 Å². The molecule has 0 aliphatic rings. The third kappa shape index (κ3) is 2.19. The Morgan fingerprint density at radius 1 is 0.929 bits per heavy atom. The van der Waals surface area contributed by atoms with E-state index in [1.807, 2.05) is 0 Å². The van der Waals surface area contributed by atoms with Crippen LogP contribution in [-0.2, 0) is 0 Å². The number of hydrogen-bond acceptors (Lipinski definition) is 8. The van der Waals surface area contributed by atoms with Gasteiger partial charge in [0.1, 0.15) is 30.2 Å². The summed E-state index contributed by atoms with van der Waals surface area (Å²) in [6.07, 6.45) is -7.31. The second kappa shape index (κ2) is 4.96. The molecule has 0 radical (unpaired) electrons. The highest BCUT2D eigenvalue weighted by atomic mass is 16.4. The maximum atomic E-state index is 9.36. The van der Waals surface area contributed by atoms with Gasteiger partial charge in [0.25, 0.3) is 0 Å². The molecule has 0 aromatic carbocycles. The van der Waals surface area contributed by atoms with Crippen LogP contribution in [0.2, 0.25) is 0 Å². The van der Waals surface area contributed by atoms with Gasteiger partial charge in [-0.3, -0.25) is 0 Å². The van der Waals surface area contributed by atoms with Crippen molar-refractivity contribution in [1.82, 2.24) is 0 Å². The molecule has 0 amide bonds. The van der Waals surface area contributed by atoms with Crippen molar-refractivity contribution in [3.63, 3.8) is 0 Å². The molecule has 14 heavy (non-hydrogen) atoms. The first-order valence-electron chi connectivity index (χ1n) is 3.90. The molecular weight excluding hydrogens is 194 g/mol. The molecule has 0 heterocycles. The zero-order chi connectivity index (χ0) is 11.5. The Morgan fingerprint density at radius 2 is 1.29 bits per heavy atom. The number of rotatable bonds is 5. The molecule has 0 saturated carbocycles. The first-order chi connectivity index (χ1) is 6.30. The summed E-state index contributed by atoms with van der Waals surface area (Å²) in [5.41, 5.74) is 13.0. The van der Waals surface area contributed by atoms with Crippen LogP contribution in [0.3, 0.4) is 0 Å². The Kier molecular flexibility index (Phi) is 4.84. The second-order valence-electron chi connectivity index (χ2n) is 3.10. The molecule has 8 nitrogen and oxygen atoms in total. The van der Waals surface area contributed by atoms with E-state index in [0.29, 0.717) is 0 Å². The summed E-state index contributed by atoms with van der Waals surface area (Å²) in [7, 11) is 0. The van der Waals surface area contributed by atoms with Crippen LogP contribution >= 0.6 is 0 Å². The van der Waals surface area contributed by atoms with Crippen molar-refractivity contribution < 1.29 is 25.5 Å². The minimum absolute atomic E-state index is 0.933. The zero-order valence-electron chi connectivity index (χ0n) is 7.48. The molecule has 8 heteroatoms. The maximum absolute atomic E-state index is 9.36. The molecule has 0 aromatic heterocycles. The van der Waals surface area contributed by atoms with Crippen LogP contribution in [0.4, 0.5) is 0 Å². The second-order valence-corrected chi connectivity index (χ2v) is 3.10. The van der Waals surface area contributed by atoms with Crippen LogP contribution < -0.4 is 17.2 Å². The largest absolute Gasteiger partial charge is 0.395 e. The lowest BCUT2D eigenvalue weighted by atomic mass is 9.78. The van der Waals surface area contributed by atoms with E-state index in [4.69, 9.17) is 37.6 Å². The molecule has 0 aliphatic carbocycles. The summed E-state index contributed by atoms with van der Waals surface area (Å²) in [6, 6.07) is 0. The van der Waals surface area contributed by atoms with Gasteiger partial charge in [0.15, 0.2) is 0 Å². The Balaban J connectivity index is 5.03. The molecule has 0 aromatic rings. The predicted octanol–water partition coefficient (Wildman–Crippen LogP) is -4.84. The molecule has 11 N–H and O–H groups in total. The van der Waals surface area contributed by atoms with E-state index in [1.54, 1.807) is 0 Å². The average Bonchev–Trinajstić information content (AvgIpc) is 2.04. The van der Waals surface area contributed by atoms with Gasteiger partial charge in [-0.15, -0.1) is 0 Å². The van der Waals surface area contributed by atoms with Gasteiger partial charge in [-0.2, -0.15) is 0 Å². The summed E-state index contributed by atoms with van der Waals surface area (Å²) in [4.78, 5) is 0. The molecule has 0 fully saturated rings. The lowest BCUT2D eigenvalue weighted by Gasteiger charge is -2.41. The highest BCUT2D eigenvalue weighted by molar-refractivity contribution is 4.95. The van der Waals surface area contributed by atoms with Crippen LogP contribution in [0.15, 0.2) is 0 Å². The number of aliphatic hydroxyl groups excluding tert-OH is 5. The summed E-state index contributed by atoms with van der Waals surface area (Å²) < 4.78 is 0. The Hall–Kier alpha value is -0.320. The molecule has 0 rings (SSSR count). The lowest BCUT2D eigenvalue weighted by molar-refractivity contribution is -0.185. The number of aliphatic hydroxyl groups is 5. The van der Waals surface area contributed by atoms with Gasteiger partial charge < -0.3 is 42.7 Å². The van der Waals surface area contributed by atoms with E-state index >= 15 is 0 Å². The topological polar surface area (TPSA) is 179 Å². The third-order valence-electron chi connectivity index (χ3n) is 2.25. The van der Waals surface area contributed by atoms with Crippen molar-refractivity contribution in [2.24, 2.45) is 22.6 Å². The van der Waals surface area contributed by atoms with Crippen LogP contribution in [0.25, 0.3) is 0 Å². The zero-order valence-corrected chi connectivity index (χ0v) is 7.48. The lowest BCUT2D eigenvalue weighted by Crippen LogP contribution is -2.66. The molecule has 86 valence electrons. The summed E-state index contributed by atoms with van der Waals surface area (Å²) in [5.74, 6) is 0. The number of hydrogen-bond donors (Lipinski definition) is 8. The SMILES string of the molecule is NC(O)C(O)C(CO)(C(N)O)C(N)O. The summed E-state index contributed by atoms with van der Waals surface area (Å²) in [5, 5.41) is 45.4. The molecular formula is C6H17N3O5. The van der Waals surface area contributed by atoms with Gasteiger partial charge in [0.2, 0.25) is 0 Å². The van der Waals surface area contributed by atoms with Gasteiger partial charge in [0.05, 0.1) is 6.61 Å². The Morgan fingerprint density at radius 3 is 1.36 bits per heavy atom. The first-order valence-corrected chi connectivity index (χ1v) is 3.90. The van der Waals surface area contributed by atoms with Gasteiger partial charge in [0, 0.05) is 0 Å². The summed E-state index contributed by atoms with van der Waals surface area (Å²) >= 11 is 0. The highest BCUT2D eigenvalue weighted by Crippen LogP contribution is 2.27. The van der Waals surface area contributed by atoms with E-state index in [-0.39, 0.29) is 0 Å². The molecule has 0 aliphatic heterocycles. The average molecular weight is 211 g/mol. The van der Waals surface area contributed by atoms with E-state index in [2.05, 4.69) is 0 Å². The molecule has 4 unspecified atom stereocenters. The van der Waals surface area contributed by atoms with Crippen molar-refractivity contribution in [2.45, 2.75) is 24.8 Å². The van der Waals surface area contributed by atoms with E-state index in [0.717, 1.165) is 0 Å². The van der Waals surface area contributed by atoms with Crippen molar-refractivity contribution in [2.75, 3.05) is 6.61 Å². The predicted molar refractivity (Wildman–Crippen MR) is 46.1 cm³/mol. The quantitative estimate of drug-likeness (QED) is 0.208. The number of nitrogens with two attached hydrogens (primary N) is 3. The fourth-order valence-electron chi connectivity index (χ4n) is 1.12. The Labute approximate surface area is 80.6 Å². The minimum atomic E-state index is -2.08. The van der Waals surface area contributed by atoms with Gasteiger partial charge >= 0.3 is 0 Å². The van der Waals surface area contributed by atoms with Crippen LogP contribution in [0, 0.1) is 5.41 Å². The van der Waals surface area contributed by atoms with E-state index in [1.165, 1.54) is 0 Å². The normalized spacial score (nSPS) is 24.9. The molecule has 0 bridgehead atoms. The monoisotopic (exact) mass is 211 g/mol. The fourth-order valence-corrected chi connectivity index (χ4v) is 1.12. The van der Waals surface area contributed by atoms with Crippen molar-refractivity contribution >= 4 is 0 Å².